The first-order valence-corrected chi connectivity index (χ1v) is 10.4. The molecule has 1 amide bonds. The third-order valence-electron chi connectivity index (χ3n) is 5.37. The lowest BCUT2D eigenvalue weighted by Crippen LogP contribution is -2.27. The van der Waals surface area contributed by atoms with Crippen LogP contribution in [0.4, 0.5) is 13.2 Å². The molecule has 2 N–H and O–H groups in total. The van der Waals surface area contributed by atoms with Crippen molar-refractivity contribution in [2.45, 2.75) is 44.7 Å². The Morgan fingerprint density at radius 2 is 1.72 bits per heavy atom. The summed E-state index contributed by atoms with van der Waals surface area (Å²) in [4.78, 5) is 23.7. The molecule has 1 aliphatic carbocycles. The number of carboxylic acid groups (broad SMARTS) is 1. The SMILES string of the molecule is O=C(CCC1CCCC1)N/C(=C/c1ccc(Oc2ccccc2C(F)(F)F)cc1)C(=O)O. The van der Waals surface area contributed by atoms with Crippen molar-refractivity contribution in [1.82, 2.24) is 5.32 Å². The summed E-state index contributed by atoms with van der Waals surface area (Å²) in [5.41, 5.74) is -0.704. The molecule has 2 aromatic carbocycles. The third kappa shape index (κ3) is 6.60. The fourth-order valence-electron chi connectivity index (χ4n) is 3.71. The molecule has 1 saturated carbocycles. The van der Waals surface area contributed by atoms with Crippen molar-refractivity contribution >= 4 is 18.0 Å². The first-order chi connectivity index (χ1) is 15.2. The Morgan fingerprint density at radius 3 is 2.34 bits per heavy atom. The van der Waals surface area contributed by atoms with Gasteiger partial charge < -0.3 is 15.2 Å². The summed E-state index contributed by atoms with van der Waals surface area (Å²) in [5.74, 6) is -1.28. The molecule has 1 fully saturated rings. The standard InChI is InChI=1S/C24H24F3NO4/c25-24(26,27)19-7-3-4-8-21(19)32-18-12-9-17(10-13-18)15-20(23(30)31)28-22(29)14-11-16-5-1-2-6-16/h3-4,7-10,12-13,15-16H,1-2,5-6,11,14H2,(H,28,29)(H,30,31)/b20-15+. The number of ether oxygens (including phenoxy) is 1. The van der Waals surface area contributed by atoms with Crippen LogP contribution < -0.4 is 10.1 Å². The maximum atomic E-state index is 13.1. The second kappa shape index (κ2) is 10.3. The van der Waals surface area contributed by atoms with Crippen molar-refractivity contribution in [3.05, 3.63) is 65.4 Å². The van der Waals surface area contributed by atoms with Gasteiger partial charge in [0.2, 0.25) is 5.91 Å². The van der Waals surface area contributed by atoms with E-state index >= 15 is 0 Å². The van der Waals surface area contributed by atoms with Crippen molar-refractivity contribution < 1.29 is 32.6 Å². The molecule has 0 aromatic heterocycles. The van der Waals surface area contributed by atoms with E-state index in [9.17, 15) is 27.9 Å². The molecule has 0 unspecified atom stereocenters. The quantitative estimate of drug-likeness (QED) is 0.486. The molecule has 2 aromatic rings. The first kappa shape index (κ1) is 23.4. The van der Waals surface area contributed by atoms with Crippen LogP contribution in [-0.4, -0.2) is 17.0 Å². The number of aliphatic carboxylic acids is 1. The molecule has 0 aliphatic heterocycles. The Labute approximate surface area is 183 Å². The number of carbonyl (C=O) groups excluding carboxylic acids is 1. The van der Waals surface area contributed by atoms with Crippen LogP contribution in [0.25, 0.3) is 6.08 Å². The molecule has 1 aliphatic rings. The summed E-state index contributed by atoms with van der Waals surface area (Å²) < 4.78 is 44.7. The Kier molecular flexibility index (Phi) is 7.56. The van der Waals surface area contributed by atoms with Gasteiger partial charge in [-0.15, -0.1) is 0 Å². The fraction of sp³-hybridized carbons (Fsp3) is 0.333. The zero-order valence-electron chi connectivity index (χ0n) is 17.3. The zero-order chi connectivity index (χ0) is 23.1. The van der Waals surface area contributed by atoms with Crippen LogP contribution in [0.5, 0.6) is 11.5 Å². The highest BCUT2D eigenvalue weighted by Gasteiger charge is 2.34. The lowest BCUT2D eigenvalue weighted by atomic mass is 10.0. The number of rotatable bonds is 8. The van der Waals surface area contributed by atoms with E-state index in [1.807, 2.05) is 0 Å². The number of benzene rings is 2. The first-order valence-electron chi connectivity index (χ1n) is 10.4. The van der Waals surface area contributed by atoms with Gasteiger partial charge in [0.1, 0.15) is 17.2 Å². The van der Waals surface area contributed by atoms with Crippen LogP contribution in [0, 0.1) is 5.92 Å². The van der Waals surface area contributed by atoms with Crippen LogP contribution in [0.15, 0.2) is 54.2 Å². The Bertz CT molecular complexity index is 977. The largest absolute Gasteiger partial charge is 0.477 e. The zero-order valence-corrected chi connectivity index (χ0v) is 17.3. The third-order valence-corrected chi connectivity index (χ3v) is 5.37. The highest BCUT2D eigenvalue weighted by atomic mass is 19.4. The summed E-state index contributed by atoms with van der Waals surface area (Å²) >= 11 is 0. The van der Waals surface area contributed by atoms with E-state index in [-0.39, 0.29) is 29.5 Å². The van der Waals surface area contributed by atoms with Gasteiger partial charge in [-0.25, -0.2) is 4.79 Å². The lowest BCUT2D eigenvalue weighted by molar-refractivity contribution is -0.138. The van der Waals surface area contributed by atoms with Crippen LogP contribution in [0.3, 0.4) is 0 Å². The van der Waals surface area contributed by atoms with E-state index in [1.165, 1.54) is 61.4 Å². The average molecular weight is 447 g/mol. The fourth-order valence-corrected chi connectivity index (χ4v) is 3.71. The minimum atomic E-state index is -4.55. The molecule has 0 spiro atoms. The number of carbonyl (C=O) groups is 2. The highest BCUT2D eigenvalue weighted by molar-refractivity contribution is 5.96. The van der Waals surface area contributed by atoms with E-state index in [2.05, 4.69) is 5.32 Å². The number of alkyl halides is 3. The number of amides is 1. The second-order valence-electron chi connectivity index (χ2n) is 7.77. The topological polar surface area (TPSA) is 75.6 Å². The highest BCUT2D eigenvalue weighted by Crippen LogP contribution is 2.37. The van der Waals surface area contributed by atoms with Crippen molar-refractivity contribution in [1.29, 1.82) is 0 Å². The minimum absolute atomic E-state index is 0.163. The van der Waals surface area contributed by atoms with Gasteiger partial charge in [-0.2, -0.15) is 13.2 Å². The number of carboxylic acids is 1. The minimum Gasteiger partial charge on any atom is -0.477 e. The molecule has 0 atom stereocenters. The van der Waals surface area contributed by atoms with E-state index in [4.69, 9.17) is 4.74 Å². The Morgan fingerprint density at radius 1 is 1.06 bits per heavy atom. The van der Waals surface area contributed by atoms with E-state index < -0.39 is 17.7 Å². The van der Waals surface area contributed by atoms with Gasteiger partial charge in [0.05, 0.1) is 5.56 Å². The van der Waals surface area contributed by atoms with Crippen molar-refractivity contribution in [3.8, 4) is 11.5 Å². The van der Waals surface area contributed by atoms with Crippen LogP contribution in [-0.2, 0) is 15.8 Å². The van der Waals surface area contributed by atoms with Crippen LogP contribution in [0.2, 0.25) is 0 Å². The number of hydrogen-bond donors (Lipinski definition) is 2. The Hall–Kier alpha value is -3.29. The molecule has 8 heteroatoms. The normalized spacial score (nSPS) is 14.9. The van der Waals surface area contributed by atoms with Gasteiger partial charge >= 0.3 is 12.1 Å². The maximum absolute atomic E-state index is 13.1. The van der Waals surface area contributed by atoms with Gasteiger partial charge in [0.25, 0.3) is 0 Å². The van der Waals surface area contributed by atoms with Crippen molar-refractivity contribution in [2.75, 3.05) is 0 Å². The lowest BCUT2D eigenvalue weighted by Gasteiger charge is -2.13. The summed E-state index contributed by atoms with van der Waals surface area (Å²) in [7, 11) is 0. The summed E-state index contributed by atoms with van der Waals surface area (Å²) in [6.45, 7) is 0. The van der Waals surface area contributed by atoms with Crippen LogP contribution in [0.1, 0.15) is 49.7 Å². The average Bonchev–Trinajstić information content (AvgIpc) is 3.26. The predicted octanol–water partition coefficient (Wildman–Crippen LogP) is 6.01. The molecule has 170 valence electrons. The summed E-state index contributed by atoms with van der Waals surface area (Å²) in [6.07, 6.45) is 2.31. The second-order valence-corrected chi connectivity index (χ2v) is 7.77. The number of nitrogens with one attached hydrogen (secondary N) is 1. The molecular weight excluding hydrogens is 423 g/mol. The smallest absolute Gasteiger partial charge is 0.419 e. The predicted molar refractivity (Wildman–Crippen MR) is 113 cm³/mol. The van der Waals surface area contributed by atoms with Gasteiger partial charge in [0.15, 0.2) is 0 Å². The molecule has 0 bridgehead atoms. The van der Waals surface area contributed by atoms with Gasteiger partial charge in [-0.3, -0.25) is 4.79 Å². The monoisotopic (exact) mass is 447 g/mol. The molecule has 0 heterocycles. The van der Waals surface area contributed by atoms with Gasteiger partial charge in [0, 0.05) is 6.42 Å². The van der Waals surface area contributed by atoms with Crippen molar-refractivity contribution in [3.63, 3.8) is 0 Å². The van der Waals surface area contributed by atoms with Crippen LogP contribution >= 0.6 is 0 Å². The van der Waals surface area contributed by atoms with E-state index in [1.54, 1.807) is 0 Å². The molecular formula is C24H24F3NO4. The van der Waals surface area contributed by atoms with E-state index in [0.717, 1.165) is 25.3 Å². The number of para-hydroxylation sites is 1. The van der Waals surface area contributed by atoms with Gasteiger partial charge in [-0.1, -0.05) is 49.9 Å². The summed E-state index contributed by atoms with van der Waals surface area (Å²) in [5, 5.41) is 11.8. The summed E-state index contributed by atoms with van der Waals surface area (Å²) in [6, 6.07) is 10.7. The van der Waals surface area contributed by atoms with Crippen molar-refractivity contribution in [2.24, 2.45) is 5.92 Å². The molecule has 0 saturated heterocycles. The number of hydrogen-bond acceptors (Lipinski definition) is 3. The molecule has 32 heavy (non-hydrogen) atoms. The van der Waals surface area contributed by atoms with Gasteiger partial charge in [-0.05, 0) is 48.2 Å². The number of halogens is 3. The molecule has 5 nitrogen and oxygen atoms in total. The maximum Gasteiger partial charge on any atom is 0.419 e. The Balaban J connectivity index is 1.65. The molecule has 0 radical (unpaired) electrons. The van der Waals surface area contributed by atoms with E-state index in [0.29, 0.717) is 11.5 Å². The molecule has 3 rings (SSSR count).